The molecule has 0 amide bonds. The molecule has 26 heavy (non-hydrogen) atoms. The Kier molecular flexibility index (Phi) is 3.97. The van der Waals surface area contributed by atoms with Crippen LogP contribution >= 0.6 is 11.3 Å². The van der Waals surface area contributed by atoms with Gasteiger partial charge in [0.1, 0.15) is 11.3 Å². The molecule has 0 saturated carbocycles. The highest BCUT2D eigenvalue weighted by molar-refractivity contribution is 7.23. The van der Waals surface area contributed by atoms with Gasteiger partial charge in [0.25, 0.3) is 0 Å². The monoisotopic (exact) mass is 366 g/mol. The van der Waals surface area contributed by atoms with Crippen LogP contribution in [0.4, 0.5) is 0 Å². The largest absolute Gasteiger partial charge is 0.497 e. The van der Waals surface area contributed by atoms with Gasteiger partial charge < -0.3 is 13.9 Å². The maximum atomic E-state index is 12.4. The topological polar surface area (TPSA) is 65.7 Å². The maximum Gasteiger partial charge on any atom is 0.345 e. The lowest BCUT2D eigenvalue weighted by Gasteiger charge is -2.02. The number of rotatable bonds is 3. The minimum absolute atomic E-state index is 0.380. The molecule has 0 radical (unpaired) electrons. The molecular weight excluding hydrogens is 352 g/mol. The Morgan fingerprint density at radius 3 is 2.46 bits per heavy atom. The van der Waals surface area contributed by atoms with Crippen LogP contribution < -0.4 is 10.4 Å². The SMILES string of the molecule is COC(=O)c1ccc(-c2cc3c(=O)oc4cc(OC)ccc4c3s2)cc1. The van der Waals surface area contributed by atoms with Crippen molar-refractivity contribution in [1.82, 2.24) is 0 Å². The third kappa shape index (κ3) is 2.64. The normalized spacial score (nSPS) is 11.0. The minimum atomic E-state index is -0.381. The molecule has 0 aliphatic rings. The van der Waals surface area contributed by atoms with Crippen molar-refractivity contribution in [1.29, 1.82) is 0 Å². The Morgan fingerprint density at radius 2 is 1.77 bits per heavy atom. The van der Waals surface area contributed by atoms with E-state index in [9.17, 15) is 9.59 Å². The molecule has 0 saturated heterocycles. The van der Waals surface area contributed by atoms with Crippen molar-refractivity contribution in [3.8, 4) is 16.2 Å². The maximum absolute atomic E-state index is 12.4. The number of methoxy groups -OCH3 is 2. The fourth-order valence-corrected chi connectivity index (χ4v) is 4.01. The van der Waals surface area contributed by atoms with Crippen LogP contribution in [-0.2, 0) is 4.74 Å². The first-order chi connectivity index (χ1) is 12.6. The summed E-state index contributed by atoms with van der Waals surface area (Å²) in [6, 6.07) is 14.3. The van der Waals surface area contributed by atoms with Crippen LogP contribution in [0, 0.1) is 0 Å². The summed E-state index contributed by atoms with van der Waals surface area (Å²) >= 11 is 1.51. The molecule has 0 fully saturated rings. The number of carbonyl (C=O) groups is 1. The fraction of sp³-hybridized carbons (Fsp3) is 0.100. The first kappa shape index (κ1) is 16.4. The lowest BCUT2D eigenvalue weighted by atomic mass is 10.1. The van der Waals surface area contributed by atoms with E-state index in [1.165, 1.54) is 18.4 Å². The Bertz CT molecular complexity index is 1180. The number of thiophene rings is 1. The minimum Gasteiger partial charge on any atom is -0.497 e. The molecular formula is C20H14O5S. The third-order valence-corrected chi connectivity index (χ3v) is 5.40. The van der Waals surface area contributed by atoms with Gasteiger partial charge in [-0.15, -0.1) is 11.3 Å². The van der Waals surface area contributed by atoms with E-state index < -0.39 is 0 Å². The lowest BCUT2D eigenvalue weighted by Crippen LogP contribution is -2.00. The number of carbonyl (C=O) groups excluding carboxylic acids is 1. The summed E-state index contributed by atoms with van der Waals surface area (Å²) in [5.74, 6) is 0.253. The smallest absolute Gasteiger partial charge is 0.345 e. The number of hydrogen-bond acceptors (Lipinski definition) is 6. The summed E-state index contributed by atoms with van der Waals surface area (Å²) in [6.45, 7) is 0. The van der Waals surface area contributed by atoms with Gasteiger partial charge in [-0.25, -0.2) is 9.59 Å². The zero-order chi connectivity index (χ0) is 18.3. The van der Waals surface area contributed by atoms with E-state index in [1.54, 1.807) is 25.3 Å². The first-order valence-corrected chi connectivity index (χ1v) is 8.65. The van der Waals surface area contributed by atoms with Crippen LogP contribution in [0.5, 0.6) is 5.75 Å². The molecule has 0 aliphatic carbocycles. The van der Waals surface area contributed by atoms with Gasteiger partial charge >= 0.3 is 11.6 Å². The summed E-state index contributed by atoms with van der Waals surface area (Å²) in [6.07, 6.45) is 0. The highest BCUT2D eigenvalue weighted by atomic mass is 32.1. The summed E-state index contributed by atoms with van der Waals surface area (Å²) in [5.41, 5.74) is 1.51. The van der Waals surface area contributed by atoms with E-state index >= 15 is 0 Å². The standard InChI is InChI=1S/C20H14O5S/c1-23-13-7-8-14-16(9-13)25-20(22)15-10-17(26-18(14)15)11-3-5-12(6-4-11)19(21)24-2/h3-10H,1-2H3. The average Bonchev–Trinajstić information content (AvgIpc) is 3.13. The van der Waals surface area contributed by atoms with Crippen LogP contribution in [0.2, 0.25) is 0 Å². The second kappa shape index (κ2) is 6.31. The summed E-state index contributed by atoms with van der Waals surface area (Å²) in [5, 5.41) is 1.41. The zero-order valence-electron chi connectivity index (χ0n) is 14.1. The highest BCUT2D eigenvalue weighted by Gasteiger charge is 2.14. The van der Waals surface area contributed by atoms with Gasteiger partial charge in [0, 0.05) is 16.3 Å². The quantitative estimate of drug-likeness (QED) is 0.395. The fourth-order valence-electron chi connectivity index (χ4n) is 2.83. The van der Waals surface area contributed by atoms with Crippen molar-refractivity contribution in [2.75, 3.05) is 14.2 Å². The molecule has 5 nitrogen and oxygen atoms in total. The number of hydrogen-bond donors (Lipinski definition) is 0. The van der Waals surface area contributed by atoms with Crippen LogP contribution in [-0.4, -0.2) is 20.2 Å². The average molecular weight is 366 g/mol. The van der Waals surface area contributed by atoms with Gasteiger partial charge in [0.15, 0.2) is 0 Å². The molecule has 2 heterocycles. The first-order valence-electron chi connectivity index (χ1n) is 7.84. The molecule has 0 spiro atoms. The molecule has 0 bridgehead atoms. The predicted octanol–water partition coefficient (Wildman–Crippen LogP) is 4.47. The van der Waals surface area contributed by atoms with Crippen molar-refractivity contribution < 1.29 is 18.7 Å². The lowest BCUT2D eigenvalue weighted by molar-refractivity contribution is 0.0601. The highest BCUT2D eigenvalue weighted by Crippen LogP contribution is 2.37. The van der Waals surface area contributed by atoms with Crippen LogP contribution in [0.1, 0.15) is 10.4 Å². The molecule has 2 aromatic carbocycles. The van der Waals surface area contributed by atoms with Crippen molar-refractivity contribution >= 4 is 38.4 Å². The molecule has 0 N–H and O–H groups in total. The van der Waals surface area contributed by atoms with Gasteiger partial charge in [0.05, 0.1) is 29.9 Å². The summed E-state index contributed by atoms with van der Waals surface area (Å²) < 4.78 is 16.2. The van der Waals surface area contributed by atoms with Crippen LogP contribution in [0.25, 0.3) is 31.5 Å². The van der Waals surface area contributed by atoms with E-state index in [0.717, 1.165) is 20.5 Å². The van der Waals surface area contributed by atoms with E-state index in [4.69, 9.17) is 13.9 Å². The Hall–Kier alpha value is -3.12. The molecule has 6 heteroatoms. The van der Waals surface area contributed by atoms with Crippen molar-refractivity contribution in [2.24, 2.45) is 0 Å². The molecule has 0 atom stereocenters. The van der Waals surface area contributed by atoms with E-state index in [1.807, 2.05) is 30.3 Å². The van der Waals surface area contributed by atoms with E-state index in [-0.39, 0.29) is 11.6 Å². The van der Waals surface area contributed by atoms with E-state index in [0.29, 0.717) is 22.3 Å². The van der Waals surface area contributed by atoms with E-state index in [2.05, 4.69) is 0 Å². The summed E-state index contributed by atoms with van der Waals surface area (Å²) in [7, 11) is 2.92. The zero-order valence-corrected chi connectivity index (χ0v) is 14.9. The third-order valence-electron chi connectivity index (χ3n) is 4.18. The molecule has 0 aliphatic heterocycles. The van der Waals surface area contributed by atoms with Crippen LogP contribution in [0.3, 0.4) is 0 Å². The number of esters is 1. The molecule has 2 aromatic heterocycles. The second-order valence-corrected chi connectivity index (χ2v) is 6.73. The predicted molar refractivity (Wildman–Crippen MR) is 101 cm³/mol. The molecule has 0 unspecified atom stereocenters. The van der Waals surface area contributed by atoms with Crippen molar-refractivity contribution in [3.63, 3.8) is 0 Å². The molecule has 4 aromatic rings. The van der Waals surface area contributed by atoms with Gasteiger partial charge in [-0.2, -0.15) is 0 Å². The Balaban J connectivity index is 1.87. The molecule has 130 valence electrons. The van der Waals surface area contributed by atoms with Gasteiger partial charge in [0.2, 0.25) is 0 Å². The number of fused-ring (bicyclic) bond motifs is 3. The van der Waals surface area contributed by atoms with Gasteiger partial charge in [-0.3, -0.25) is 0 Å². The van der Waals surface area contributed by atoms with Crippen molar-refractivity contribution in [2.45, 2.75) is 0 Å². The second-order valence-electron chi connectivity index (χ2n) is 5.67. The molecule has 4 rings (SSSR count). The number of benzene rings is 2. The van der Waals surface area contributed by atoms with Crippen molar-refractivity contribution in [3.05, 3.63) is 64.5 Å². The Labute approximate surface area is 152 Å². The van der Waals surface area contributed by atoms with Gasteiger partial charge in [-0.1, -0.05) is 12.1 Å². The number of ether oxygens (including phenoxy) is 2. The summed E-state index contributed by atoms with van der Waals surface area (Å²) in [4.78, 5) is 24.8. The Morgan fingerprint density at radius 1 is 1.00 bits per heavy atom. The van der Waals surface area contributed by atoms with Gasteiger partial charge in [-0.05, 0) is 35.9 Å². The van der Waals surface area contributed by atoms with Crippen LogP contribution in [0.15, 0.2) is 57.7 Å².